The first-order chi connectivity index (χ1) is 13.7. The van der Waals surface area contributed by atoms with E-state index in [1.807, 2.05) is 58.9 Å². The second-order valence-electron chi connectivity index (χ2n) is 7.94. The fourth-order valence-electron chi connectivity index (χ4n) is 3.63. The van der Waals surface area contributed by atoms with Crippen LogP contribution in [-0.4, -0.2) is 30.3 Å². The van der Waals surface area contributed by atoms with Gasteiger partial charge in [-0.05, 0) is 69.0 Å². The summed E-state index contributed by atoms with van der Waals surface area (Å²) in [5.74, 6) is -0.335. The van der Waals surface area contributed by atoms with Crippen LogP contribution in [0.25, 0.3) is 11.0 Å². The Morgan fingerprint density at radius 2 is 1.55 bits per heavy atom. The lowest BCUT2D eigenvalue weighted by Crippen LogP contribution is -2.36. The number of furan rings is 1. The van der Waals surface area contributed by atoms with Crippen LogP contribution in [0.2, 0.25) is 0 Å². The number of rotatable bonds is 5. The van der Waals surface area contributed by atoms with Gasteiger partial charge in [-0.3, -0.25) is 9.59 Å². The summed E-state index contributed by atoms with van der Waals surface area (Å²) in [5.41, 5.74) is 7.92. The summed E-state index contributed by atoms with van der Waals surface area (Å²) in [6, 6.07) is 8.10. The number of likely N-dealkylation sites (N-methyl/N-ethyl adjacent to an activating group) is 1. The maximum atomic E-state index is 12.7. The third-order valence-electron chi connectivity index (χ3n) is 5.36. The normalized spacial score (nSPS) is 11.0. The van der Waals surface area contributed by atoms with Crippen LogP contribution in [0.4, 0.5) is 5.69 Å². The van der Waals surface area contributed by atoms with Crippen LogP contribution in [0, 0.1) is 34.6 Å². The fourth-order valence-corrected chi connectivity index (χ4v) is 3.63. The molecule has 1 N–H and O–H groups in total. The van der Waals surface area contributed by atoms with Crippen molar-refractivity contribution in [3.8, 4) is 0 Å². The molecule has 3 aromatic rings. The second kappa shape index (κ2) is 8.11. The van der Waals surface area contributed by atoms with Gasteiger partial charge in [-0.25, -0.2) is 0 Å². The first kappa shape index (κ1) is 20.6. The molecule has 0 spiro atoms. The molecule has 0 aliphatic heterocycles. The van der Waals surface area contributed by atoms with Crippen molar-refractivity contribution in [2.45, 2.75) is 41.0 Å². The average molecular weight is 392 g/mol. The lowest BCUT2D eigenvalue weighted by atomic mass is 10.0. The predicted molar refractivity (Wildman–Crippen MR) is 116 cm³/mol. The first-order valence-corrected chi connectivity index (χ1v) is 9.74. The van der Waals surface area contributed by atoms with Crippen LogP contribution >= 0.6 is 0 Å². The number of aryl methyl sites for hydroxylation is 5. The molecule has 0 aliphatic carbocycles. The Bertz CT molecular complexity index is 1070. The van der Waals surface area contributed by atoms with Gasteiger partial charge in [0, 0.05) is 23.7 Å². The Morgan fingerprint density at radius 3 is 2.21 bits per heavy atom. The molecule has 2 aromatic carbocycles. The van der Waals surface area contributed by atoms with E-state index in [4.69, 9.17) is 4.42 Å². The van der Waals surface area contributed by atoms with Gasteiger partial charge >= 0.3 is 0 Å². The third kappa shape index (κ3) is 4.50. The van der Waals surface area contributed by atoms with Crippen LogP contribution < -0.4 is 5.32 Å². The smallest absolute Gasteiger partial charge is 0.243 e. The van der Waals surface area contributed by atoms with E-state index in [1.165, 1.54) is 4.90 Å². The highest BCUT2D eigenvalue weighted by atomic mass is 16.3. The van der Waals surface area contributed by atoms with E-state index in [-0.39, 0.29) is 24.8 Å². The van der Waals surface area contributed by atoms with Gasteiger partial charge in [-0.1, -0.05) is 17.7 Å². The van der Waals surface area contributed by atoms with E-state index in [0.717, 1.165) is 50.0 Å². The molecule has 2 amide bonds. The summed E-state index contributed by atoms with van der Waals surface area (Å²) in [5, 5.41) is 3.89. The van der Waals surface area contributed by atoms with Gasteiger partial charge in [0.1, 0.15) is 5.58 Å². The number of nitrogens with zero attached hydrogens (tertiary/aromatic N) is 1. The monoisotopic (exact) mass is 392 g/mol. The minimum atomic E-state index is -0.209. The van der Waals surface area contributed by atoms with Gasteiger partial charge in [0.15, 0.2) is 0 Å². The molecular weight excluding hydrogens is 364 g/mol. The minimum absolute atomic E-state index is 0.000486. The molecule has 5 heteroatoms. The quantitative estimate of drug-likeness (QED) is 0.689. The van der Waals surface area contributed by atoms with Gasteiger partial charge < -0.3 is 14.6 Å². The minimum Gasteiger partial charge on any atom is -0.464 e. The Kier molecular flexibility index (Phi) is 5.78. The van der Waals surface area contributed by atoms with E-state index in [0.29, 0.717) is 0 Å². The lowest BCUT2D eigenvalue weighted by Gasteiger charge is -2.18. The molecule has 152 valence electrons. The van der Waals surface area contributed by atoms with Crippen LogP contribution in [-0.2, 0) is 16.0 Å². The lowest BCUT2D eigenvalue weighted by molar-refractivity contribution is -0.132. The first-order valence-electron chi connectivity index (χ1n) is 9.74. The van der Waals surface area contributed by atoms with Crippen LogP contribution in [0.5, 0.6) is 0 Å². The maximum Gasteiger partial charge on any atom is 0.243 e. The Hall–Kier alpha value is -3.08. The van der Waals surface area contributed by atoms with Gasteiger partial charge in [-0.15, -0.1) is 0 Å². The Balaban J connectivity index is 1.67. The SMILES string of the molecule is Cc1cc(C)c(NC(=O)CN(C)C(=O)Cc2coc3cc(C)c(C)cc23)c(C)c1. The highest BCUT2D eigenvalue weighted by Crippen LogP contribution is 2.25. The van der Waals surface area contributed by atoms with E-state index in [2.05, 4.69) is 5.32 Å². The van der Waals surface area contributed by atoms with Crippen molar-refractivity contribution in [2.75, 3.05) is 18.9 Å². The number of anilines is 1. The van der Waals surface area contributed by atoms with Crippen LogP contribution in [0.1, 0.15) is 33.4 Å². The largest absolute Gasteiger partial charge is 0.464 e. The maximum absolute atomic E-state index is 12.7. The molecule has 0 aliphatic rings. The van der Waals surface area contributed by atoms with Crippen molar-refractivity contribution in [3.63, 3.8) is 0 Å². The van der Waals surface area contributed by atoms with Crippen molar-refractivity contribution < 1.29 is 14.0 Å². The van der Waals surface area contributed by atoms with Crippen molar-refractivity contribution >= 4 is 28.5 Å². The molecule has 0 radical (unpaired) electrons. The predicted octanol–water partition coefficient (Wildman–Crippen LogP) is 4.61. The van der Waals surface area contributed by atoms with E-state index in [9.17, 15) is 9.59 Å². The number of fused-ring (bicyclic) bond motifs is 1. The van der Waals surface area contributed by atoms with E-state index in [1.54, 1.807) is 13.3 Å². The van der Waals surface area contributed by atoms with Gasteiger partial charge in [-0.2, -0.15) is 0 Å². The Labute approximate surface area is 171 Å². The van der Waals surface area contributed by atoms with Crippen molar-refractivity contribution in [1.29, 1.82) is 0 Å². The van der Waals surface area contributed by atoms with Gasteiger partial charge in [0.25, 0.3) is 0 Å². The molecule has 29 heavy (non-hydrogen) atoms. The standard InChI is InChI=1S/C24H28N2O3/c1-14-7-17(4)24(18(5)8-14)25-22(27)12-26(6)23(28)11-19-13-29-21-10-16(3)15(2)9-20(19)21/h7-10,13H,11-12H2,1-6H3,(H,25,27). The topological polar surface area (TPSA) is 62.6 Å². The van der Waals surface area contributed by atoms with Crippen LogP contribution in [0.3, 0.4) is 0 Å². The molecule has 5 nitrogen and oxygen atoms in total. The molecule has 0 fully saturated rings. The number of hydrogen-bond donors (Lipinski definition) is 1. The number of carbonyl (C=O) groups is 2. The summed E-state index contributed by atoms with van der Waals surface area (Å²) in [7, 11) is 1.65. The average Bonchev–Trinajstić information content (AvgIpc) is 3.00. The zero-order valence-electron chi connectivity index (χ0n) is 18.0. The van der Waals surface area contributed by atoms with Crippen LogP contribution in [0.15, 0.2) is 34.9 Å². The molecule has 0 bridgehead atoms. The molecule has 1 aromatic heterocycles. The summed E-state index contributed by atoms with van der Waals surface area (Å²) < 4.78 is 5.61. The Morgan fingerprint density at radius 1 is 0.931 bits per heavy atom. The number of amides is 2. The number of benzene rings is 2. The zero-order chi connectivity index (χ0) is 21.3. The number of carbonyl (C=O) groups excluding carboxylic acids is 2. The van der Waals surface area contributed by atoms with Crippen molar-refractivity contribution in [1.82, 2.24) is 4.90 Å². The summed E-state index contributed by atoms with van der Waals surface area (Å²) in [6.45, 7) is 10.0. The summed E-state index contributed by atoms with van der Waals surface area (Å²) in [4.78, 5) is 26.6. The van der Waals surface area contributed by atoms with Crippen molar-refractivity contribution in [2.24, 2.45) is 0 Å². The second-order valence-corrected chi connectivity index (χ2v) is 7.94. The molecule has 0 saturated carbocycles. The number of nitrogens with one attached hydrogen (secondary N) is 1. The zero-order valence-corrected chi connectivity index (χ0v) is 18.0. The van der Waals surface area contributed by atoms with Gasteiger partial charge in [0.2, 0.25) is 11.8 Å². The molecular formula is C24H28N2O3. The molecule has 0 atom stereocenters. The highest BCUT2D eigenvalue weighted by molar-refractivity contribution is 5.96. The molecule has 1 heterocycles. The highest BCUT2D eigenvalue weighted by Gasteiger charge is 2.18. The molecule has 0 saturated heterocycles. The molecule has 3 rings (SSSR count). The van der Waals surface area contributed by atoms with E-state index < -0.39 is 0 Å². The number of hydrogen-bond acceptors (Lipinski definition) is 3. The molecule has 0 unspecified atom stereocenters. The van der Waals surface area contributed by atoms with Gasteiger partial charge in [0.05, 0.1) is 19.2 Å². The van der Waals surface area contributed by atoms with Crippen molar-refractivity contribution in [3.05, 3.63) is 63.9 Å². The summed E-state index contributed by atoms with van der Waals surface area (Å²) in [6.07, 6.45) is 1.83. The fraction of sp³-hybridized carbons (Fsp3) is 0.333. The summed E-state index contributed by atoms with van der Waals surface area (Å²) >= 11 is 0. The van der Waals surface area contributed by atoms with E-state index >= 15 is 0 Å². The third-order valence-corrected chi connectivity index (χ3v) is 5.36.